The molecule has 0 unspecified atom stereocenters. The van der Waals surface area contributed by atoms with Crippen LogP contribution < -0.4 is 5.32 Å². The van der Waals surface area contributed by atoms with E-state index in [2.05, 4.69) is 5.32 Å². The van der Waals surface area contributed by atoms with E-state index in [-0.39, 0.29) is 24.2 Å². The van der Waals surface area contributed by atoms with Gasteiger partial charge in [0.05, 0.1) is 6.54 Å². The molecule has 1 N–H and O–H groups in total. The molecule has 1 saturated heterocycles. The lowest BCUT2D eigenvalue weighted by Crippen LogP contribution is -2.49. The van der Waals surface area contributed by atoms with Gasteiger partial charge in [-0.1, -0.05) is 12.1 Å². The third-order valence-corrected chi connectivity index (χ3v) is 2.62. The van der Waals surface area contributed by atoms with Gasteiger partial charge in [-0.25, -0.2) is 4.39 Å². The summed E-state index contributed by atoms with van der Waals surface area (Å²) in [5.74, 6) is -0.746. The molecule has 1 heterocycles. The van der Waals surface area contributed by atoms with Crippen molar-refractivity contribution in [2.75, 3.05) is 19.6 Å². The summed E-state index contributed by atoms with van der Waals surface area (Å²) in [5.41, 5.74) is 0.616. The largest absolute Gasteiger partial charge is 0.353 e. The fourth-order valence-electron chi connectivity index (χ4n) is 1.71. The molecular weight excluding hydrogens is 235 g/mol. The van der Waals surface area contributed by atoms with Crippen LogP contribution in [0.4, 0.5) is 4.39 Å². The maximum Gasteiger partial charge on any atom is 0.247 e. The molecule has 0 saturated carbocycles. The molecule has 1 aliphatic heterocycles. The lowest BCUT2D eigenvalue weighted by molar-refractivity contribution is -0.134. The van der Waals surface area contributed by atoms with Crippen molar-refractivity contribution in [2.24, 2.45) is 0 Å². The number of halogens is 1. The normalized spacial score (nSPS) is 15.8. The van der Waals surface area contributed by atoms with E-state index in [1.54, 1.807) is 12.1 Å². The standard InChI is InChI=1S/C13H13FN2O2/c14-11-3-1-2-10(8-11)4-5-13(18)16-7-6-15-12(17)9-16/h1-5,8H,6-7,9H2,(H,15,17)/b5-4+. The van der Waals surface area contributed by atoms with Gasteiger partial charge < -0.3 is 10.2 Å². The van der Waals surface area contributed by atoms with Crippen LogP contribution in [0.1, 0.15) is 5.56 Å². The summed E-state index contributed by atoms with van der Waals surface area (Å²) in [6, 6.07) is 5.96. The first-order valence-corrected chi connectivity index (χ1v) is 5.64. The van der Waals surface area contributed by atoms with Crippen LogP contribution in [-0.2, 0) is 9.59 Å². The van der Waals surface area contributed by atoms with Crippen LogP contribution in [0.25, 0.3) is 6.08 Å². The number of benzene rings is 1. The fraction of sp³-hybridized carbons (Fsp3) is 0.231. The lowest BCUT2D eigenvalue weighted by atomic mass is 10.2. The van der Waals surface area contributed by atoms with Crippen molar-refractivity contribution in [2.45, 2.75) is 0 Å². The molecule has 0 aromatic heterocycles. The summed E-state index contributed by atoms with van der Waals surface area (Å²) >= 11 is 0. The summed E-state index contributed by atoms with van der Waals surface area (Å²) < 4.78 is 12.9. The molecular formula is C13H13FN2O2. The zero-order chi connectivity index (χ0) is 13.0. The van der Waals surface area contributed by atoms with Gasteiger partial charge in [0.25, 0.3) is 0 Å². The van der Waals surface area contributed by atoms with Gasteiger partial charge in [-0.05, 0) is 23.8 Å². The number of carbonyl (C=O) groups is 2. The second-order valence-corrected chi connectivity index (χ2v) is 4.00. The van der Waals surface area contributed by atoms with E-state index >= 15 is 0 Å². The number of hydrogen-bond donors (Lipinski definition) is 1. The van der Waals surface area contributed by atoms with E-state index in [1.807, 2.05) is 0 Å². The zero-order valence-electron chi connectivity index (χ0n) is 9.73. The summed E-state index contributed by atoms with van der Waals surface area (Å²) in [6.07, 6.45) is 2.89. The predicted molar refractivity (Wildman–Crippen MR) is 65.0 cm³/mol. The van der Waals surface area contributed by atoms with E-state index in [1.165, 1.54) is 29.2 Å². The Morgan fingerprint density at radius 2 is 2.28 bits per heavy atom. The molecule has 0 bridgehead atoms. The average Bonchev–Trinajstić information content (AvgIpc) is 2.36. The Morgan fingerprint density at radius 1 is 1.44 bits per heavy atom. The van der Waals surface area contributed by atoms with Gasteiger partial charge in [-0.2, -0.15) is 0 Å². The molecule has 0 aliphatic carbocycles. The van der Waals surface area contributed by atoms with Gasteiger partial charge in [0, 0.05) is 19.2 Å². The quantitative estimate of drug-likeness (QED) is 0.787. The molecule has 0 radical (unpaired) electrons. The highest BCUT2D eigenvalue weighted by Gasteiger charge is 2.18. The smallest absolute Gasteiger partial charge is 0.247 e. The van der Waals surface area contributed by atoms with Crippen molar-refractivity contribution < 1.29 is 14.0 Å². The fourth-order valence-corrected chi connectivity index (χ4v) is 1.71. The summed E-state index contributed by atoms with van der Waals surface area (Å²) in [6.45, 7) is 1.04. The molecule has 2 rings (SSSR count). The predicted octanol–water partition coefficient (Wildman–Crippen LogP) is 0.797. The van der Waals surface area contributed by atoms with Crippen molar-refractivity contribution in [1.82, 2.24) is 10.2 Å². The first-order valence-electron chi connectivity index (χ1n) is 5.64. The Hall–Kier alpha value is -2.17. The van der Waals surface area contributed by atoms with Crippen LogP contribution >= 0.6 is 0 Å². The minimum atomic E-state index is -0.345. The van der Waals surface area contributed by atoms with Crippen molar-refractivity contribution in [1.29, 1.82) is 0 Å². The molecule has 0 spiro atoms. The van der Waals surface area contributed by atoms with E-state index in [0.29, 0.717) is 18.7 Å². The Kier molecular flexibility index (Phi) is 3.72. The molecule has 1 fully saturated rings. The number of carbonyl (C=O) groups excluding carboxylic acids is 2. The van der Waals surface area contributed by atoms with Gasteiger partial charge in [0.2, 0.25) is 11.8 Å². The number of nitrogens with one attached hydrogen (secondary N) is 1. The van der Waals surface area contributed by atoms with Gasteiger partial charge >= 0.3 is 0 Å². The van der Waals surface area contributed by atoms with Crippen LogP contribution in [0.3, 0.4) is 0 Å². The summed E-state index contributed by atoms with van der Waals surface area (Å²) in [5, 5.41) is 2.64. The van der Waals surface area contributed by atoms with Crippen molar-refractivity contribution in [3.8, 4) is 0 Å². The van der Waals surface area contributed by atoms with Crippen LogP contribution in [0.2, 0.25) is 0 Å². The topological polar surface area (TPSA) is 49.4 Å². The van der Waals surface area contributed by atoms with Crippen LogP contribution in [0.5, 0.6) is 0 Å². The average molecular weight is 248 g/mol. The first kappa shape index (κ1) is 12.3. The summed E-state index contributed by atoms with van der Waals surface area (Å²) in [4.78, 5) is 24.3. The number of rotatable bonds is 2. The second-order valence-electron chi connectivity index (χ2n) is 4.00. The van der Waals surface area contributed by atoms with Gasteiger partial charge in [0.1, 0.15) is 5.82 Å². The van der Waals surface area contributed by atoms with E-state index < -0.39 is 0 Å². The van der Waals surface area contributed by atoms with Crippen LogP contribution in [0, 0.1) is 5.82 Å². The number of amides is 2. The van der Waals surface area contributed by atoms with E-state index in [9.17, 15) is 14.0 Å². The van der Waals surface area contributed by atoms with Crippen LogP contribution in [-0.4, -0.2) is 36.3 Å². The molecule has 94 valence electrons. The second kappa shape index (κ2) is 5.44. The Bertz CT molecular complexity index is 500. The van der Waals surface area contributed by atoms with Gasteiger partial charge in [0.15, 0.2) is 0 Å². The lowest BCUT2D eigenvalue weighted by Gasteiger charge is -2.25. The minimum absolute atomic E-state index is 0.0757. The first-order chi connectivity index (χ1) is 8.65. The molecule has 4 nitrogen and oxygen atoms in total. The third kappa shape index (κ3) is 3.16. The van der Waals surface area contributed by atoms with E-state index in [0.717, 1.165) is 0 Å². The SMILES string of the molecule is O=C1CN(C(=O)/C=C/c2cccc(F)c2)CCN1. The highest BCUT2D eigenvalue weighted by Crippen LogP contribution is 2.06. The summed E-state index contributed by atoms with van der Waals surface area (Å²) in [7, 11) is 0. The molecule has 1 aromatic rings. The third-order valence-electron chi connectivity index (χ3n) is 2.62. The molecule has 0 atom stereocenters. The molecule has 1 aromatic carbocycles. The molecule has 2 amide bonds. The highest BCUT2D eigenvalue weighted by atomic mass is 19.1. The minimum Gasteiger partial charge on any atom is -0.353 e. The maximum atomic E-state index is 12.9. The zero-order valence-corrected chi connectivity index (χ0v) is 9.73. The Morgan fingerprint density at radius 3 is 3.00 bits per heavy atom. The molecule has 1 aliphatic rings. The van der Waals surface area contributed by atoms with Crippen molar-refractivity contribution in [3.63, 3.8) is 0 Å². The maximum absolute atomic E-state index is 12.9. The number of hydrogen-bond acceptors (Lipinski definition) is 2. The monoisotopic (exact) mass is 248 g/mol. The number of piperazine rings is 1. The van der Waals surface area contributed by atoms with Gasteiger partial charge in [-0.3, -0.25) is 9.59 Å². The Balaban J connectivity index is 2.00. The molecule has 5 heteroatoms. The van der Waals surface area contributed by atoms with Crippen molar-refractivity contribution in [3.05, 3.63) is 41.7 Å². The molecule has 18 heavy (non-hydrogen) atoms. The van der Waals surface area contributed by atoms with Crippen LogP contribution in [0.15, 0.2) is 30.3 Å². The van der Waals surface area contributed by atoms with Gasteiger partial charge in [-0.15, -0.1) is 0 Å². The highest BCUT2D eigenvalue weighted by molar-refractivity contribution is 5.94. The van der Waals surface area contributed by atoms with Crippen molar-refractivity contribution >= 4 is 17.9 Å². The number of nitrogens with zero attached hydrogens (tertiary/aromatic N) is 1. The Labute approximate surface area is 104 Å². The van der Waals surface area contributed by atoms with E-state index in [4.69, 9.17) is 0 Å².